The number of urea groups is 1. The maximum atomic E-state index is 11.6. The van der Waals surface area contributed by atoms with E-state index in [1.54, 1.807) is 24.2 Å². The summed E-state index contributed by atoms with van der Waals surface area (Å²) in [6.45, 7) is 4.43. The lowest BCUT2D eigenvalue weighted by Crippen LogP contribution is -2.53. The quantitative estimate of drug-likeness (QED) is 0.807. The van der Waals surface area contributed by atoms with Gasteiger partial charge in [0.25, 0.3) is 0 Å². The van der Waals surface area contributed by atoms with E-state index in [1.807, 2.05) is 6.92 Å². The van der Waals surface area contributed by atoms with Crippen LogP contribution in [0.1, 0.15) is 18.3 Å². The molecule has 6 nitrogen and oxygen atoms in total. The van der Waals surface area contributed by atoms with Gasteiger partial charge in [-0.05, 0) is 6.92 Å². The van der Waals surface area contributed by atoms with Gasteiger partial charge in [-0.25, -0.2) is 4.79 Å². The molecule has 0 radical (unpaired) electrons. The first-order chi connectivity index (χ1) is 8.06. The molecule has 6 heteroatoms. The number of imide groups is 1. The number of nitrogens with zero attached hydrogens (tertiary/aromatic N) is 3. The zero-order valence-electron chi connectivity index (χ0n) is 9.80. The van der Waals surface area contributed by atoms with Gasteiger partial charge in [0, 0.05) is 12.7 Å². The fourth-order valence-corrected chi connectivity index (χ4v) is 1.64. The van der Waals surface area contributed by atoms with Crippen molar-refractivity contribution < 1.29 is 9.59 Å². The molecule has 2 rings (SSSR count). The SMILES string of the molecule is Cc1cnc(CN2CC(C)C(=O)NC2=O)cn1. The summed E-state index contributed by atoms with van der Waals surface area (Å²) in [6, 6.07) is -0.365. The summed E-state index contributed by atoms with van der Waals surface area (Å²) in [5.41, 5.74) is 1.55. The van der Waals surface area contributed by atoms with Crippen molar-refractivity contribution in [1.29, 1.82) is 0 Å². The summed E-state index contributed by atoms with van der Waals surface area (Å²) in [4.78, 5) is 32.7. The highest BCUT2D eigenvalue weighted by atomic mass is 16.2. The zero-order chi connectivity index (χ0) is 12.4. The van der Waals surface area contributed by atoms with E-state index in [1.165, 1.54) is 0 Å². The van der Waals surface area contributed by atoms with Crippen LogP contribution in [0.5, 0.6) is 0 Å². The minimum Gasteiger partial charge on any atom is -0.318 e. The lowest BCUT2D eigenvalue weighted by Gasteiger charge is -2.29. The average molecular weight is 234 g/mol. The van der Waals surface area contributed by atoms with Crippen LogP contribution in [-0.2, 0) is 11.3 Å². The van der Waals surface area contributed by atoms with E-state index in [0.29, 0.717) is 18.8 Å². The molecule has 0 aromatic carbocycles. The molecule has 0 bridgehead atoms. The van der Waals surface area contributed by atoms with Crippen molar-refractivity contribution in [2.24, 2.45) is 5.92 Å². The van der Waals surface area contributed by atoms with E-state index >= 15 is 0 Å². The summed E-state index contributed by atoms with van der Waals surface area (Å²) in [7, 11) is 0. The minimum atomic E-state index is -0.365. The van der Waals surface area contributed by atoms with Gasteiger partial charge in [0.15, 0.2) is 0 Å². The van der Waals surface area contributed by atoms with Crippen molar-refractivity contribution in [2.45, 2.75) is 20.4 Å². The molecule has 1 N–H and O–H groups in total. The number of hydrogen-bond donors (Lipinski definition) is 1. The molecule has 3 amide bonds. The van der Waals surface area contributed by atoms with Crippen molar-refractivity contribution in [2.75, 3.05) is 6.54 Å². The molecule has 0 spiro atoms. The first-order valence-electron chi connectivity index (χ1n) is 5.43. The highest BCUT2D eigenvalue weighted by Crippen LogP contribution is 2.10. The molecule has 1 aromatic heterocycles. The van der Waals surface area contributed by atoms with Gasteiger partial charge in [-0.1, -0.05) is 6.92 Å². The van der Waals surface area contributed by atoms with Gasteiger partial charge in [-0.15, -0.1) is 0 Å². The van der Waals surface area contributed by atoms with E-state index in [9.17, 15) is 9.59 Å². The summed E-state index contributed by atoms with van der Waals surface area (Å²) in [5, 5.41) is 2.31. The molecule has 1 saturated heterocycles. The Morgan fingerprint density at radius 3 is 2.82 bits per heavy atom. The maximum Gasteiger partial charge on any atom is 0.324 e. The van der Waals surface area contributed by atoms with Crippen molar-refractivity contribution in [3.63, 3.8) is 0 Å². The Kier molecular flexibility index (Phi) is 3.03. The summed E-state index contributed by atoms with van der Waals surface area (Å²) >= 11 is 0. The van der Waals surface area contributed by atoms with E-state index in [2.05, 4.69) is 15.3 Å². The van der Waals surface area contributed by atoms with Crippen LogP contribution in [-0.4, -0.2) is 33.4 Å². The number of nitrogens with one attached hydrogen (secondary N) is 1. The molecule has 1 fully saturated rings. The second-order valence-corrected chi connectivity index (χ2v) is 4.23. The summed E-state index contributed by atoms with van der Waals surface area (Å²) < 4.78 is 0. The van der Waals surface area contributed by atoms with Crippen molar-refractivity contribution in [3.05, 3.63) is 23.8 Å². The van der Waals surface area contributed by atoms with E-state index in [0.717, 1.165) is 5.69 Å². The van der Waals surface area contributed by atoms with Crippen LogP contribution in [0, 0.1) is 12.8 Å². The largest absolute Gasteiger partial charge is 0.324 e. The molecule has 0 aliphatic carbocycles. The van der Waals surface area contributed by atoms with Gasteiger partial charge in [0.05, 0.1) is 30.0 Å². The third kappa shape index (κ3) is 2.58. The molecule has 2 heterocycles. The van der Waals surface area contributed by atoms with Crippen molar-refractivity contribution in [1.82, 2.24) is 20.2 Å². The highest BCUT2D eigenvalue weighted by Gasteiger charge is 2.29. The molecule has 1 unspecified atom stereocenters. The number of hydrogen-bond acceptors (Lipinski definition) is 4. The Balaban J connectivity index is 2.06. The second kappa shape index (κ2) is 4.48. The smallest absolute Gasteiger partial charge is 0.318 e. The molecule has 1 atom stereocenters. The summed E-state index contributed by atoms with van der Waals surface area (Å²) in [5.74, 6) is -0.410. The molecule has 0 saturated carbocycles. The second-order valence-electron chi connectivity index (χ2n) is 4.23. The van der Waals surface area contributed by atoms with Gasteiger partial charge in [-0.3, -0.25) is 20.1 Å². The van der Waals surface area contributed by atoms with Gasteiger partial charge in [-0.2, -0.15) is 0 Å². The Morgan fingerprint density at radius 2 is 2.18 bits per heavy atom. The van der Waals surface area contributed by atoms with Crippen LogP contribution < -0.4 is 5.32 Å². The third-order valence-electron chi connectivity index (χ3n) is 2.65. The van der Waals surface area contributed by atoms with Gasteiger partial charge in [0.1, 0.15) is 0 Å². The number of carbonyl (C=O) groups is 2. The fourth-order valence-electron chi connectivity index (χ4n) is 1.64. The predicted octanol–water partition coefficient (Wildman–Crippen LogP) is 0.473. The van der Waals surface area contributed by atoms with E-state index in [4.69, 9.17) is 0 Å². The van der Waals surface area contributed by atoms with Crippen LogP contribution in [0.3, 0.4) is 0 Å². The average Bonchev–Trinajstić information content (AvgIpc) is 2.29. The monoisotopic (exact) mass is 234 g/mol. The standard InChI is InChI=1S/C11H14N4O2/c1-7-5-15(11(17)14-10(7)16)6-9-4-12-8(2)3-13-9/h3-4,7H,5-6H2,1-2H3,(H,14,16,17). The Bertz CT molecular complexity index is 443. The molecule has 90 valence electrons. The third-order valence-corrected chi connectivity index (χ3v) is 2.65. The first kappa shape index (κ1) is 11.5. The highest BCUT2D eigenvalue weighted by molar-refractivity contribution is 5.97. The van der Waals surface area contributed by atoms with E-state index < -0.39 is 0 Å². The lowest BCUT2D eigenvalue weighted by atomic mass is 10.1. The number of aryl methyl sites for hydroxylation is 1. The number of aromatic nitrogens is 2. The van der Waals surface area contributed by atoms with Crippen LogP contribution in [0.4, 0.5) is 4.79 Å². The van der Waals surface area contributed by atoms with Gasteiger partial charge in [0.2, 0.25) is 5.91 Å². The minimum absolute atomic E-state index is 0.189. The Labute approximate surface area is 99.1 Å². The first-order valence-corrected chi connectivity index (χ1v) is 5.43. The molecule has 17 heavy (non-hydrogen) atoms. The van der Waals surface area contributed by atoms with Crippen LogP contribution in [0.2, 0.25) is 0 Å². The molecule has 1 aliphatic rings. The van der Waals surface area contributed by atoms with Crippen molar-refractivity contribution in [3.8, 4) is 0 Å². The van der Waals surface area contributed by atoms with Crippen molar-refractivity contribution >= 4 is 11.9 Å². The topological polar surface area (TPSA) is 75.2 Å². The molecule has 1 aromatic rings. The van der Waals surface area contributed by atoms with Gasteiger partial charge < -0.3 is 4.90 Å². The lowest BCUT2D eigenvalue weighted by molar-refractivity contribution is -0.125. The van der Waals surface area contributed by atoms with Crippen LogP contribution in [0.25, 0.3) is 0 Å². The number of carbonyl (C=O) groups excluding carboxylic acids is 2. The fraction of sp³-hybridized carbons (Fsp3) is 0.455. The normalized spacial score (nSPS) is 20.4. The Morgan fingerprint density at radius 1 is 1.41 bits per heavy atom. The van der Waals surface area contributed by atoms with Crippen LogP contribution >= 0.6 is 0 Å². The van der Waals surface area contributed by atoms with Gasteiger partial charge >= 0.3 is 6.03 Å². The van der Waals surface area contributed by atoms with Crippen LogP contribution in [0.15, 0.2) is 12.4 Å². The predicted molar refractivity (Wildman–Crippen MR) is 59.9 cm³/mol. The zero-order valence-corrected chi connectivity index (χ0v) is 9.80. The molecular weight excluding hydrogens is 220 g/mol. The molecule has 1 aliphatic heterocycles. The number of rotatable bonds is 2. The summed E-state index contributed by atoms with van der Waals surface area (Å²) in [6.07, 6.45) is 3.30. The maximum absolute atomic E-state index is 11.6. The number of amides is 3. The van der Waals surface area contributed by atoms with E-state index in [-0.39, 0.29) is 17.9 Å². The Hall–Kier alpha value is -1.98. The molecular formula is C11H14N4O2.